The summed E-state index contributed by atoms with van der Waals surface area (Å²) in [5, 5.41) is 2.55. The van der Waals surface area contributed by atoms with Crippen LogP contribution in [0.25, 0.3) is 0 Å². The first kappa shape index (κ1) is 14.6. The number of rotatable bonds is 3. The van der Waals surface area contributed by atoms with Crippen molar-refractivity contribution >= 4 is 11.6 Å². The highest BCUT2D eigenvalue weighted by atomic mass is 19.4. The van der Waals surface area contributed by atoms with E-state index in [-0.39, 0.29) is 18.2 Å². The van der Waals surface area contributed by atoms with Gasteiger partial charge in [-0.3, -0.25) is 4.79 Å². The number of para-hydroxylation sites is 1. The molecule has 7 heteroatoms. The van der Waals surface area contributed by atoms with Crippen LogP contribution in [0.4, 0.5) is 18.9 Å². The lowest BCUT2D eigenvalue weighted by atomic mass is 10.1. The summed E-state index contributed by atoms with van der Waals surface area (Å²) in [6.07, 6.45) is -2.90. The second-order valence-corrected chi connectivity index (χ2v) is 4.61. The topological polar surface area (TPSA) is 64.4 Å². The van der Waals surface area contributed by atoms with Gasteiger partial charge in [-0.1, -0.05) is 6.07 Å². The fourth-order valence-electron chi connectivity index (χ4n) is 2.12. The van der Waals surface area contributed by atoms with E-state index in [1.165, 1.54) is 12.1 Å². The Bertz CT molecular complexity index is 497. The Labute approximate surface area is 114 Å². The smallest absolute Gasteiger partial charge is 0.398 e. The zero-order valence-corrected chi connectivity index (χ0v) is 10.7. The van der Waals surface area contributed by atoms with Gasteiger partial charge in [-0.15, -0.1) is 0 Å². The van der Waals surface area contributed by atoms with E-state index >= 15 is 0 Å². The summed E-state index contributed by atoms with van der Waals surface area (Å²) < 4.78 is 43.4. The molecule has 0 aliphatic carbocycles. The van der Waals surface area contributed by atoms with Crippen LogP contribution in [0.1, 0.15) is 28.8 Å². The molecule has 1 amide bonds. The van der Waals surface area contributed by atoms with Gasteiger partial charge in [0.25, 0.3) is 5.91 Å². The maximum Gasteiger partial charge on any atom is 0.418 e. The molecule has 4 nitrogen and oxygen atoms in total. The molecule has 3 N–H and O–H groups in total. The second-order valence-electron chi connectivity index (χ2n) is 4.61. The number of anilines is 1. The highest BCUT2D eigenvalue weighted by molar-refractivity contribution is 5.99. The Morgan fingerprint density at radius 3 is 2.80 bits per heavy atom. The molecule has 1 atom stereocenters. The minimum absolute atomic E-state index is 0.0778. The Balaban J connectivity index is 2.09. The van der Waals surface area contributed by atoms with E-state index < -0.39 is 23.3 Å². The van der Waals surface area contributed by atoms with Crippen molar-refractivity contribution in [3.63, 3.8) is 0 Å². The van der Waals surface area contributed by atoms with Gasteiger partial charge in [-0.25, -0.2) is 0 Å². The summed E-state index contributed by atoms with van der Waals surface area (Å²) in [5.41, 5.74) is 3.72. The number of hydrogen-bond donors (Lipinski definition) is 2. The quantitative estimate of drug-likeness (QED) is 0.838. The Kier molecular flexibility index (Phi) is 4.17. The monoisotopic (exact) mass is 288 g/mol. The average Bonchev–Trinajstić information content (AvgIpc) is 2.88. The molecule has 1 unspecified atom stereocenters. The van der Waals surface area contributed by atoms with Gasteiger partial charge in [0, 0.05) is 13.2 Å². The van der Waals surface area contributed by atoms with Gasteiger partial charge < -0.3 is 15.8 Å². The van der Waals surface area contributed by atoms with Crippen molar-refractivity contribution in [3.8, 4) is 0 Å². The standard InChI is InChI=1S/C13H15F3N2O2/c14-13(15,16)10-5-1-4-9(11(10)17)12(19)18-7-8-3-2-6-20-8/h1,4-5,8H,2-3,6-7,17H2,(H,18,19). The van der Waals surface area contributed by atoms with Crippen molar-refractivity contribution in [1.29, 1.82) is 0 Å². The van der Waals surface area contributed by atoms with E-state index in [4.69, 9.17) is 10.5 Å². The zero-order chi connectivity index (χ0) is 14.8. The SMILES string of the molecule is Nc1c(C(=O)NCC2CCCO2)cccc1C(F)(F)F. The molecule has 1 aromatic rings. The highest BCUT2D eigenvalue weighted by Crippen LogP contribution is 2.34. The number of hydrogen-bond acceptors (Lipinski definition) is 3. The van der Waals surface area contributed by atoms with Crippen LogP contribution >= 0.6 is 0 Å². The van der Waals surface area contributed by atoms with Crippen molar-refractivity contribution in [1.82, 2.24) is 5.32 Å². The number of carbonyl (C=O) groups is 1. The van der Waals surface area contributed by atoms with E-state index in [2.05, 4.69) is 5.32 Å². The maximum absolute atomic E-state index is 12.7. The lowest BCUT2D eigenvalue weighted by molar-refractivity contribution is -0.136. The molecule has 1 aromatic carbocycles. The molecule has 1 fully saturated rings. The van der Waals surface area contributed by atoms with E-state index in [0.717, 1.165) is 18.9 Å². The first-order valence-corrected chi connectivity index (χ1v) is 6.25. The molecular formula is C13H15F3N2O2. The minimum Gasteiger partial charge on any atom is -0.398 e. The lowest BCUT2D eigenvalue weighted by Crippen LogP contribution is -2.32. The van der Waals surface area contributed by atoms with Gasteiger partial charge in [-0.2, -0.15) is 13.2 Å². The third kappa shape index (κ3) is 3.22. The summed E-state index contributed by atoms with van der Waals surface area (Å²) in [7, 11) is 0. The van der Waals surface area contributed by atoms with Crippen LogP contribution in [0.15, 0.2) is 18.2 Å². The number of nitrogen functional groups attached to an aromatic ring is 1. The Morgan fingerprint density at radius 1 is 1.45 bits per heavy atom. The van der Waals surface area contributed by atoms with Crippen LogP contribution < -0.4 is 11.1 Å². The van der Waals surface area contributed by atoms with Crippen LogP contribution in [0.5, 0.6) is 0 Å². The number of nitrogens with one attached hydrogen (secondary N) is 1. The van der Waals surface area contributed by atoms with Crippen LogP contribution in [0.3, 0.4) is 0 Å². The first-order chi connectivity index (χ1) is 9.39. The minimum atomic E-state index is -4.57. The fraction of sp³-hybridized carbons (Fsp3) is 0.462. The van der Waals surface area contributed by atoms with Crippen LogP contribution in [-0.4, -0.2) is 25.2 Å². The number of amides is 1. The first-order valence-electron chi connectivity index (χ1n) is 6.25. The van der Waals surface area contributed by atoms with Crippen molar-refractivity contribution in [2.24, 2.45) is 0 Å². The van der Waals surface area contributed by atoms with Gasteiger partial charge in [-0.05, 0) is 25.0 Å². The molecule has 1 saturated heterocycles. The Morgan fingerprint density at radius 2 is 2.20 bits per heavy atom. The number of alkyl halides is 3. The van der Waals surface area contributed by atoms with E-state index in [1.54, 1.807) is 0 Å². The number of nitrogens with two attached hydrogens (primary N) is 1. The molecule has 0 bridgehead atoms. The van der Waals surface area contributed by atoms with Gasteiger partial charge in [0.2, 0.25) is 0 Å². The van der Waals surface area contributed by atoms with Crippen molar-refractivity contribution in [2.45, 2.75) is 25.1 Å². The number of halogens is 3. The van der Waals surface area contributed by atoms with Gasteiger partial charge in [0.15, 0.2) is 0 Å². The molecule has 0 radical (unpaired) electrons. The van der Waals surface area contributed by atoms with Gasteiger partial charge in [0.1, 0.15) is 0 Å². The lowest BCUT2D eigenvalue weighted by Gasteiger charge is -2.15. The van der Waals surface area contributed by atoms with Gasteiger partial charge >= 0.3 is 6.18 Å². The van der Waals surface area contributed by atoms with Crippen LogP contribution in [0, 0.1) is 0 Å². The second kappa shape index (κ2) is 5.70. The maximum atomic E-state index is 12.7. The predicted octanol–water partition coefficient (Wildman–Crippen LogP) is 2.20. The van der Waals surface area contributed by atoms with Gasteiger partial charge in [0.05, 0.1) is 22.9 Å². The summed E-state index contributed by atoms with van der Waals surface area (Å²) in [6, 6.07) is 3.29. The third-order valence-electron chi connectivity index (χ3n) is 3.17. The molecule has 20 heavy (non-hydrogen) atoms. The highest BCUT2D eigenvalue weighted by Gasteiger charge is 2.34. The van der Waals surface area contributed by atoms with E-state index in [0.29, 0.717) is 6.61 Å². The van der Waals surface area contributed by atoms with E-state index in [1.807, 2.05) is 0 Å². The summed E-state index contributed by atoms with van der Waals surface area (Å²) in [5.74, 6) is -0.621. The molecule has 1 aliphatic rings. The molecule has 110 valence electrons. The fourth-order valence-corrected chi connectivity index (χ4v) is 2.12. The predicted molar refractivity (Wildman–Crippen MR) is 67.2 cm³/mol. The summed E-state index contributed by atoms with van der Waals surface area (Å²) >= 11 is 0. The van der Waals surface area contributed by atoms with Crippen molar-refractivity contribution < 1.29 is 22.7 Å². The summed E-state index contributed by atoms with van der Waals surface area (Å²) in [4.78, 5) is 11.9. The molecule has 2 rings (SSSR count). The number of benzene rings is 1. The number of ether oxygens (including phenoxy) is 1. The molecule has 1 heterocycles. The van der Waals surface area contributed by atoms with Crippen LogP contribution in [-0.2, 0) is 10.9 Å². The molecule has 0 aromatic heterocycles. The molecule has 1 aliphatic heterocycles. The van der Waals surface area contributed by atoms with Crippen molar-refractivity contribution in [3.05, 3.63) is 29.3 Å². The molecule has 0 saturated carbocycles. The number of carbonyl (C=O) groups excluding carboxylic acids is 1. The molecule has 0 spiro atoms. The van der Waals surface area contributed by atoms with Crippen molar-refractivity contribution in [2.75, 3.05) is 18.9 Å². The third-order valence-corrected chi connectivity index (χ3v) is 3.17. The summed E-state index contributed by atoms with van der Waals surface area (Å²) in [6.45, 7) is 0.917. The average molecular weight is 288 g/mol. The Hall–Kier alpha value is -1.76. The van der Waals surface area contributed by atoms with Crippen LogP contribution in [0.2, 0.25) is 0 Å². The van der Waals surface area contributed by atoms with E-state index in [9.17, 15) is 18.0 Å². The molecular weight excluding hydrogens is 273 g/mol. The largest absolute Gasteiger partial charge is 0.418 e. The zero-order valence-electron chi connectivity index (χ0n) is 10.7. The normalized spacial score (nSPS) is 19.1.